The number of carboxylic acids is 1. The van der Waals surface area contributed by atoms with Gasteiger partial charge < -0.3 is 5.11 Å². The number of carbonyl (C=O) groups is 1. The van der Waals surface area contributed by atoms with Gasteiger partial charge in [-0.25, -0.2) is 0 Å². The van der Waals surface area contributed by atoms with Crippen LogP contribution in [0.4, 0.5) is 0 Å². The van der Waals surface area contributed by atoms with E-state index < -0.39 is 5.97 Å². The Labute approximate surface area is 116 Å². The summed E-state index contributed by atoms with van der Waals surface area (Å²) in [6, 6.07) is 8.26. The normalized spacial score (nSPS) is 23.5. The molecule has 0 aliphatic heterocycles. The molecule has 0 amide bonds. The van der Waals surface area contributed by atoms with Crippen molar-refractivity contribution in [1.29, 1.82) is 0 Å². The zero-order chi connectivity index (χ0) is 13.1. The summed E-state index contributed by atoms with van der Waals surface area (Å²) in [5, 5.41) is 9.22. The summed E-state index contributed by atoms with van der Waals surface area (Å²) < 4.78 is 1.08. The third-order valence-electron chi connectivity index (χ3n) is 3.74. The lowest BCUT2D eigenvalue weighted by Crippen LogP contribution is -2.37. The molecule has 0 spiro atoms. The molecule has 18 heavy (non-hydrogen) atoms. The van der Waals surface area contributed by atoms with Crippen LogP contribution >= 0.6 is 15.9 Å². The van der Waals surface area contributed by atoms with E-state index in [1.165, 1.54) is 5.56 Å². The molecule has 2 atom stereocenters. The van der Waals surface area contributed by atoms with Crippen LogP contribution < -0.4 is 0 Å². The van der Waals surface area contributed by atoms with Gasteiger partial charge in [-0.2, -0.15) is 0 Å². The molecule has 2 rings (SSSR count). The van der Waals surface area contributed by atoms with Gasteiger partial charge >= 0.3 is 5.97 Å². The molecule has 1 aromatic carbocycles. The van der Waals surface area contributed by atoms with Crippen LogP contribution in [0.2, 0.25) is 0 Å². The molecule has 1 saturated carbocycles. The van der Waals surface area contributed by atoms with Crippen molar-refractivity contribution < 1.29 is 9.90 Å². The number of nitrogens with zero attached hydrogens (tertiary/aromatic N) is 1. The highest BCUT2D eigenvalue weighted by Gasteiger charge is 2.35. The smallest absolute Gasteiger partial charge is 0.308 e. The third-order valence-corrected chi connectivity index (χ3v) is 4.51. The molecule has 1 aromatic rings. The van der Waals surface area contributed by atoms with Crippen molar-refractivity contribution in [3.05, 3.63) is 34.3 Å². The standard InChI is InChI=1S/C14H18BrNO2/c1-16(9-10-5-2-3-7-12(10)15)13-8-4-6-11(13)14(17)18/h2-3,5,7,11,13H,4,6,8-9H2,1H3,(H,17,18). The molecule has 1 fully saturated rings. The molecular weight excluding hydrogens is 294 g/mol. The molecule has 1 aliphatic carbocycles. The number of halogens is 1. The number of rotatable bonds is 4. The molecule has 0 aromatic heterocycles. The fourth-order valence-electron chi connectivity index (χ4n) is 2.77. The summed E-state index contributed by atoms with van der Waals surface area (Å²) in [7, 11) is 2.02. The quantitative estimate of drug-likeness (QED) is 0.928. The van der Waals surface area contributed by atoms with E-state index in [1.54, 1.807) is 0 Å². The highest BCUT2D eigenvalue weighted by molar-refractivity contribution is 9.10. The predicted octanol–water partition coefficient (Wildman–Crippen LogP) is 3.13. The Hall–Kier alpha value is -0.870. The van der Waals surface area contributed by atoms with Crippen molar-refractivity contribution >= 4 is 21.9 Å². The lowest BCUT2D eigenvalue weighted by molar-refractivity contribution is -0.143. The van der Waals surface area contributed by atoms with E-state index >= 15 is 0 Å². The Morgan fingerprint density at radius 1 is 1.44 bits per heavy atom. The first-order valence-electron chi connectivity index (χ1n) is 6.26. The van der Waals surface area contributed by atoms with Gasteiger partial charge in [0.05, 0.1) is 5.92 Å². The van der Waals surface area contributed by atoms with E-state index in [0.717, 1.165) is 30.3 Å². The van der Waals surface area contributed by atoms with Crippen LogP contribution in [0.5, 0.6) is 0 Å². The zero-order valence-electron chi connectivity index (χ0n) is 10.5. The van der Waals surface area contributed by atoms with Crippen molar-refractivity contribution in [3.8, 4) is 0 Å². The van der Waals surface area contributed by atoms with Gasteiger partial charge in [0.1, 0.15) is 0 Å². The maximum absolute atomic E-state index is 11.2. The van der Waals surface area contributed by atoms with Gasteiger partial charge in [-0.3, -0.25) is 9.69 Å². The molecule has 0 radical (unpaired) electrons. The summed E-state index contributed by atoms with van der Waals surface area (Å²) >= 11 is 3.53. The maximum atomic E-state index is 11.2. The summed E-state index contributed by atoms with van der Waals surface area (Å²) in [6.07, 6.45) is 2.81. The number of aliphatic carboxylic acids is 1. The Bertz CT molecular complexity index is 436. The van der Waals surface area contributed by atoms with E-state index in [4.69, 9.17) is 0 Å². The monoisotopic (exact) mass is 311 g/mol. The van der Waals surface area contributed by atoms with Gasteiger partial charge in [0.15, 0.2) is 0 Å². The minimum atomic E-state index is -0.656. The molecule has 3 nitrogen and oxygen atoms in total. The fourth-order valence-corrected chi connectivity index (χ4v) is 3.18. The predicted molar refractivity (Wildman–Crippen MR) is 74.4 cm³/mol. The lowest BCUT2D eigenvalue weighted by atomic mass is 10.0. The Morgan fingerprint density at radius 3 is 2.83 bits per heavy atom. The first kappa shape index (κ1) is 13.6. The number of benzene rings is 1. The molecule has 1 N–H and O–H groups in total. The van der Waals surface area contributed by atoms with Crippen LogP contribution in [-0.4, -0.2) is 29.1 Å². The number of hydrogen-bond acceptors (Lipinski definition) is 2. The van der Waals surface area contributed by atoms with Crippen molar-refractivity contribution in [3.63, 3.8) is 0 Å². The minimum absolute atomic E-state index is 0.162. The van der Waals surface area contributed by atoms with E-state index in [0.29, 0.717) is 0 Å². The van der Waals surface area contributed by atoms with Gasteiger partial charge in [0.25, 0.3) is 0 Å². The second kappa shape index (κ2) is 5.85. The van der Waals surface area contributed by atoms with Crippen LogP contribution in [0.1, 0.15) is 24.8 Å². The second-order valence-corrected chi connectivity index (χ2v) is 5.80. The highest BCUT2D eigenvalue weighted by Crippen LogP contribution is 2.31. The van der Waals surface area contributed by atoms with Crippen molar-refractivity contribution in [2.45, 2.75) is 31.8 Å². The highest BCUT2D eigenvalue weighted by atomic mass is 79.9. The maximum Gasteiger partial charge on any atom is 0.308 e. The van der Waals surface area contributed by atoms with Crippen LogP contribution in [-0.2, 0) is 11.3 Å². The van der Waals surface area contributed by atoms with E-state index in [9.17, 15) is 9.90 Å². The summed E-state index contributed by atoms with van der Waals surface area (Å²) in [5.74, 6) is -0.867. The van der Waals surface area contributed by atoms with Gasteiger partial charge in [-0.15, -0.1) is 0 Å². The van der Waals surface area contributed by atoms with E-state index in [-0.39, 0.29) is 12.0 Å². The van der Waals surface area contributed by atoms with Crippen molar-refractivity contribution in [1.82, 2.24) is 4.90 Å². The fraction of sp³-hybridized carbons (Fsp3) is 0.500. The number of hydrogen-bond donors (Lipinski definition) is 1. The zero-order valence-corrected chi connectivity index (χ0v) is 12.1. The molecule has 1 aliphatic rings. The van der Waals surface area contributed by atoms with Gasteiger partial charge in [-0.1, -0.05) is 40.5 Å². The van der Waals surface area contributed by atoms with Crippen LogP contribution in [0.15, 0.2) is 28.7 Å². The molecule has 2 unspecified atom stereocenters. The van der Waals surface area contributed by atoms with Gasteiger partial charge in [0, 0.05) is 17.1 Å². The molecule has 4 heteroatoms. The first-order chi connectivity index (χ1) is 8.59. The molecule has 98 valence electrons. The lowest BCUT2D eigenvalue weighted by Gasteiger charge is -2.28. The van der Waals surface area contributed by atoms with Crippen LogP contribution in [0.3, 0.4) is 0 Å². The van der Waals surface area contributed by atoms with Gasteiger partial charge in [-0.05, 0) is 31.5 Å². The van der Waals surface area contributed by atoms with Crippen molar-refractivity contribution in [2.75, 3.05) is 7.05 Å². The summed E-state index contributed by atoms with van der Waals surface area (Å²) in [5.41, 5.74) is 1.20. The van der Waals surface area contributed by atoms with Crippen LogP contribution in [0.25, 0.3) is 0 Å². The number of carboxylic acid groups (broad SMARTS) is 1. The van der Waals surface area contributed by atoms with E-state index in [1.807, 2.05) is 25.2 Å². The Balaban J connectivity index is 2.06. The average Bonchev–Trinajstić information content (AvgIpc) is 2.81. The molecule has 0 bridgehead atoms. The summed E-state index contributed by atoms with van der Waals surface area (Å²) in [6.45, 7) is 0.788. The average molecular weight is 312 g/mol. The minimum Gasteiger partial charge on any atom is -0.481 e. The molecular formula is C14H18BrNO2. The van der Waals surface area contributed by atoms with Crippen LogP contribution in [0, 0.1) is 5.92 Å². The molecule has 0 heterocycles. The Morgan fingerprint density at radius 2 is 2.17 bits per heavy atom. The summed E-state index contributed by atoms with van der Waals surface area (Å²) in [4.78, 5) is 13.4. The second-order valence-electron chi connectivity index (χ2n) is 4.95. The first-order valence-corrected chi connectivity index (χ1v) is 7.05. The van der Waals surface area contributed by atoms with Gasteiger partial charge in [0.2, 0.25) is 0 Å². The van der Waals surface area contributed by atoms with E-state index in [2.05, 4.69) is 26.9 Å². The SMILES string of the molecule is CN(Cc1ccccc1Br)C1CCCC1C(=O)O. The largest absolute Gasteiger partial charge is 0.481 e. The van der Waals surface area contributed by atoms with Crippen molar-refractivity contribution in [2.24, 2.45) is 5.92 Å². The topological polar surface area (TPSA) is 40.5 Å². The molecule has 0 saturated heterocycles. The third kappa shape index (κ3) is 2.93. The Kier molecular flexibility index (Phi) is 4.40.